The summed E-state index contributed by atoms with van der Waals surface area (Å²) in [4.78, 5) is 31.7. The molecule has 0 bridgehead atoms. The van der Waals surface area contributed by atoms with Gasteiger partial charge in [-0.2, -0.15) is 18.3 Å². The number of anilines is 1. The van der Waals surface area contributed by atoms with Crippen LogP contribution in [0, 0.1) is 11.3 Å². The van der Waals surface area contributed by atoms with Crippen molar-refractivity contribution in [2.24, 2.45) is 11.3 Å². The van der Waals surface area contributed by atoms with Crippen LogP contribution in [-0.4, -0.2) is 40.2 Å². The first kappa shape index (κ1) is 29.6. The van der Waals surface area contributed by atoms with Gasteiger partial charge < -0.3 is 14.8 Å². The van der Waals surface area contributed by atoms with Gasteiger partial charge in [-0.25, -0.2) is 14.3 Å². The van der Waals surface area contributed by atoms with Crippen LogP contribution >= 0.6 is 11.3 Å². The van der Waals surface area contributed by atoms with Crippen molar-refractivity contribution in [3.05, 3.63) is 63.8 Å². The van der Waals surface area contributed by atoms with Crippen molar-refractivity contribution in [3.63, 3.8) is 0 Å². The first-order valence-electron chi connectivity index (χ1n) is 13.6. The standard InChI is InChI=1S/C30H31F3N4O4S/c1-6-41-28(39)25-19-12-9-17(29(2,3)4)13-22(19)42-27(25)35-26(38)21-15-24-34-20(16-7-10-18(40-5)11-8-16)14-23(30(31,32)33)37(24)36-21/h7-8,10-11,14-15,17H,6,9,12-13H2,1-5H3,(H,35,38)/t17-/m1/s1. The molecule has 3 heterocycles. The van der Waals surface area contributed by atoms with Crippen LogP contribution in [0.15, 0.2) is 36.4 Å². The van der Waals surface area contributed by atoms with Crippen molar-refractivity contribution in [2.75, 3.05) is 19.0 Å². The van der Waals surface area contributed by atoms with E-state index in [2.05, 4.69) is 36.2 Å². The smallest absolute Gasteiger partial charge is 0.433 e. The van der Waals surface area contributed by atoms with Gasteiger partial charge in [0.05, 0.1) is 25.0 Å². The summed E-state index contributed by atoms with van der Waals surface area (Å²) >= 11 is 1.30. The van der Waals surface area contributed by atoms with E-state index in [0.29, 0.717) is 38.7 Å². The molecule has 0 saturated heterocycles. The zero-order valence-electron chi connectivity index (χ0n) is 23.9. The van der Waals surface area contributed by atoms with Crippen LogP contribution in [0.25, 0.3) is 16.9 Å². The maximum atomic E-state index is 14.1. The highest BCUT2D eigenvalue weighted by atomic mass is 32.1. The van der Waals surface area contributed by atoms with Crippen molar-refractivity contribution in [1.82, 2.24) is 14.6 Å². The molecule has 1 amide bonds. The number of ether oxygens (including phenoxy) is 2. The summed E-state index contributed by atoms with van der Waals surface area (Å²) in [5.41, 5.74) is 0.232. The molecule has 222 valence electrons. The molecule has 5 rings (SSSR count). The molecule has 4 aromatic rings. The minimum atomic E-state index is -4.77. The van der Waals surface area contributed by atoms with Gasteiger partial charge >= 0.3 is 12.1 Å². The lowest BCUT2D eigenvalue weighted by Gasteiger charge is -2.33. The summed E-state index contributed by atoms with van der Waals surface area (Å²) < 4.78 is 53.3. The zero-order valence-corrected chi connectivity index (χ0v) is 24.7. The van der Waals surface area contributed by atoms with Crippen molar-refractivity contribution in [3.8, 4) is 17.0 Å². The lowest BCUT2D eigenvalue weighted by atomic mass is 9.72. The van der Waals surface area contributed by atoms with Gasteiger partial charge in [-0.1, -0.05) is 20.8 Å². The van der Waals surface area contributed by atoms with Gasteiger partial charge in [-0.05, 0) is 73.4 Å². The molecule has 42 heavy (non-hydrogen) atoms. The van der Waals surface area contributed by atoms with Gasteiger partial charge in [0.2, 0.25) is 0 Å². The Hall–Kier alpha value is -3.93. The molecule has 0 aliphatic heterocycles. The van der Waals surface area contributed by atoms with Crippen LogP contribution in [0.3, 0.4) is 0 Å². The van der Waals surface area contributed by atoms with Gasteiger partial charge in [-0.15, -0.1) is 11.3 Å². The number of hydrogen-bond donors (Lipinski definition) is 1. The highest BCUT2D eigenvalue weighted by molar-refractivity contribution is 7.17. The average molecular weight is 601 g/mol. The van der Waals surface area contributed by atoms with E-state index in [9.17, 15) is 22.8 Å². The molecule has 0 saturated carbocycles. The number of alkyl halides is 3. The minimum absolute atomic E-state index is 0.0632. The molecule has 1 aliphatic rings. The first-order chi connectivity index (χ1) is 19.8. The van der Waals surface area contributed by atoms with E-state index in [1.807, 2.05) is 0 Å². The molecule has 0 fully saturated rings. The van der Waals surface area contributed by atoms with Crippen LogP contribution in [0.5, 0.6) is 5.75 Å². The largest absolute Gasteiger partial charge is 0.497 e. The second-order valence-corrected chi connectivity index (χ2v) is 12.3. The molecule has 1 aliphatic carbocycles. The Labute approximate surface area is 244 Å². The number of hydrogen-bond acceptors (Lipinski definition) is 7. The summed E-state index contributed by atoms with van der Waals surface area (Å²) in [6, 6.07) is 8.53. The summed E-state index contributed by atoms with van der Waals surface area (Å²) in [5.74, 6) is -0.353. The Bertz CT molecular complexity index is 1650. The van der Waals surface area contributed by atoms with E-state index in [4.69, 9.17) is 9.47 Å². The highest BCUT2D eigenvalue weighted by Crippen LogP contribution is 2.44. The molecule has 1 N–H and O–H groups in total. The topological polar surface area (TPSA) is 94.8 Å². The number of methoxy groups -OCH3 is 1. The average Bonchev–Trinajstić information content (AvgIpc) is 3.52. The fraction of sp³-hybridized carbons (Fsp3) is 0.400. The minimum Gasteiger partial charge on any atom is -0.497 e. The Morgan fingerprint density at radius 1 is 1.14 bits per heavy atom. The van der Waals surface area contributed by atoms with E-state index in [0.717, 1.165) is 29.3 Å². The summed E-state index contributed by atoms with van der Waals surface area (Å²) in [5, 5.41) is 7.00. The second-order valence-electron chi connectivity index (χ2n) is 11.2. The number of halogens is 3. The number of fused-ring (bicyclic) bond motifs is 2. The first-order valence-corrected chi connectivity index (χ1v) is 14.4. The van der Waals surface area contributed by atoms with Gasteiger partial charge in [0.15, 0.2) is 17.0 Å². The molecule has 12 heteroatoms. The fourth-order valence-corrected chi connectivity index (χ4v) is 6.51. The highest BCUT2D eigenvalue weighted by Gasteiger charge is 2.37. The third-order valence-corrected chi connectivity index (χ3v) is 8.70. The predicted molar refractivity (Wildman–Crippen MR) is 153 cm³/mol. The van der Waals surface area contributed by atoms with Crippen LogP contribution in [0.4, 0.5) is 18.2 Å². The zero-order chi connectivity index (χ0) is 30.4. The van der Waals surface area contributed by atoms with Crippen molar-refractivity contribution < 1.29 is 32.2 Å². The maximum absolute atomic E-state index is 14.1. The van der Waals surface area contributed by atoms with Gasteiger partial charge in [0, 0.05) is 16.5 Å². The summed E-state index contributed by atoms with van der Waals surface area (Å²) in [6.45, 7) is 8.40. The molecule has 0 unspecified atom stereocenters. The molecule has 0 radical (unpaired) electrons. The number of esters is 1. The van der Waals surface area contributed by atoms with Crippen LogP contribution in [0.2, 0.25) is 0 Å². The van der Waals surface area contributed by atoms with Gasteiger partial charge in [0.25, 0.3) is 5.91 Å². The number of carbonyl (C=O) groups is 2. The molecule has 8 nitrogen and oxygen atoms in total. The lowest BCUT2D eigenvalue weighted by Crippen LogP contribution is -2.26. The summed E-state index contributed by atoms with van der Waals surface area (Å²) in [7, 11) is 1.49. The Balaban J connectivity index is 1.52. The number of carbonyl (C=O) groups excluding carboxylic acids is 2. The van der Waals surface area contributed by atoms with Crippen LogP contribution in [0.1, 0.15) is 71.1 Å². The number of nitrogens with zero attached hydrogens (tertiary/aromatic N) is 3. The van der Waals surface area contributed by atoms with Crippen molar-refractivity contribution in [2.45, 2.75) is 53.1 Å². The Morgan fingerprint density at radius 2 is 1.86 bits per heavy atom. The molecule has 0 spiro atoms. The van der Waals surface area contributed by atoms with Crippen LogP contribution in [-0.2, 0) is 23.8 Å². The number of amides is 1. The quantitative estimate of drug-likeness (QED) is 0.238. The molecule has 1 atom stereocenters. The monoisotopic (exact) mass is 600 g/mol. The van der Waals surface area contributed by atoms with Crippen molar-refractivity contribution in [1.29, 1.82) is 0 Å². The predicted octanol–water partition coefficient (Wildman–Crippen LogP) is 7.07. The number of nitrogens with one attached hydrogen (secondary N) is 1. The van der Waals surface area contributed by atoms with E-state index in [-0.39, 0.29) is 29.1 Å². The van der Waals surface area contributed by atoms with Crippen LogP contribution < -0.4 is 10.1 Å². The lowest BCUT2D eigenvalue weighted by molar-refractivity contribution is -0.142. The van der Waals surface area contributed by atoms with E-state index >= 15 is 0 Å². The normalized spacial score (nSPS) is 15.4. The number of thiophene rings is 1. The van der Waals surface area contributed by atoms with E-state index in [1.165, 1.54) is 24.5 Å². The Kier molecular flexibility index (Phi) is 7.78. The van der Waals surface area contributed by atoms with Gasteiger partial charge in [0.1, 0.15) is 10.8 Å². The number of benzene rings is 1. The second kappa shape index (κ2) is 11.0. The molecular weight excluding hydrogens is 569 g/mol. The number of rotatable bonds is 6. The van der Waals surface area contributed by atoms with Crippen molar-refractivity contribution >= 4 is 33.9 Å². The molecular formula is C30H31F3N4O4S. The Morgan fingerprint density at radius 3 is 2.48 bits per heavy atom. The third-order valence-electron chi connectivity index (χ3n) is 7.53. The van der Waals surface area contributed by atoms with E-state index < -0.39 is 23.7 Å². The van der Waals surface area contributed by atoms with E-state index in [1.54, 1.807) is 31.2 Å². The maximum Gasteiger partial charge on any atom is 0.433 e. The van der Waals surface area contributed by atoms with Gasteiger partial charge in [-0.3, -0.25) is 4.79 Å². The number of aromatic nitrogens is 3. The fourth-order valence-electron chi connectivity index (χ4n) is 5.20. The SMILES string of the molecule is CCOC(=O)c1c(NC(=O)c2cc3nc(-c4ccc(OC)cc4)cc(C(F)(F)F)n3n2)sc2c1CC[C@@H](C(C)(C)C)C2. The third kappa shape index (κ3) is 5.72. The molecule has 1 aromatic carbocycles. The summed E-state index contributed by atoms with van der Waals surface area (Å²) in [6.07, 6.45) is -2.45. The molecule has 3 aromatic heterocycles.